The van der Waals surface area contributed by atoms with Crippen LogP contribution in [0.2, 0.25) is 0 Å². The molecule has 0 aliphatic heterocycles. The zero-order valence-electron chi connectivity index (χ0n) is 52.7. The highest BCUT2D eigenvalue weighted by molar-refractivity contribution is 7.47. The highest BCUT2D eigenvalue weighted by atomic mass is 31.2. The van der Waals surface area contributed by atoms with E-state index in [0.717, 1.165) is 51.4 Å². The number of rotatable bonds is 63. The van der Waals surface area contributed by atoms with Crippen LogP contribution in [0.4, 0.5) is 0 Å². The van der Waals surface area contributed by atoms with E-state index in [1.165, 1.54) is 263 Å². The van der Waals surface area contributed by atoms with Gasteiger partial charge in [0.2, 0.25) is 5.91 Å². The van der Waals surface area contributed by atoms with Gasteiger partial charge in [-0.05, 0) is 57.8 Å². The Kier molecular flexibility index (Phi) is 58.9. The minimum absolute atomic E-state index is 0.0604. The summed E-state index contributed by atoms with van der Waals surface area (Å²) in [4.78, 5) is 23.4. The molecule has 0 aromatic rings. The van der Waals surface area contributed by atoms with Crippen molar-refractivity contribution in [1.29, 1.82) is 0 Å². The molecule has 0 saturated heterocycles. The van der Waals surface area contributed by atoms with Gasteiger partial charge in [0.25, 0.3) is 0 Å². The van der Waals surface area contributed by atoms with Crippen molar-refractivity contribution in [2.24, 2.45) is 0 Å². The van der Waals surface area contributed by atoms with Crippen molar-refractivity contribution in [2.75, 3.05) is 40.9 Å². The van der Waals surface area contributed by atoms with Gasteiger partial charge in [0.1, 0.15) is 13.2 Å². The van der Waals surface area contributed by atoms with Crippen LogP contribution in [0.3, 0.4) is 0 Å². The highest BCUT2D eigenvalue weighted by Gasteiger charge is 2.28. The van der Waals surface area contributed by atoms with Crippen LogP contribution >= 0.6 is 7.82 Å². The minimum Gasteiger partial charge on any atom is -0.387 e. The van der Waals surface area contributed by atoms with Crippen LogP contribution < -0.4 is 5.32 Å². The van der Waals surface area contributed by atoms with Crippen molar-refractivity contribution in [2.45, 2.75) is 347 Å². The Morgan fingerprint density at radius 2 is 0.731 bits per heavy atom. The summed E-state index contributed by atoms with van der Waals surface area (Å²) in [5, 5.41) is 14.0. The summed E-state index contributed by atoms with van der Waals surface area (Å²) < 4.78 is 23.8. The fourth-order valence-electron chi connectivity index (χ4n) is 10.2. The summed E-state index contributed by atoms with van der Waals surface area (Å²) in [6, 6.07) is -0.852. The zero-order valence-corrected chi connectivity index (χ0v) is 53.6. The summed E-state index contributed by atoms with van der Waals surface area (Å²) in [5.41, 5.74) is 0. The van der Waals surface area contributed by atoms with Crippen molar-refractivity contribution < 1.29 is 32.9 Å². The lowest BCUT2D eigenvalue weighted by atomic mass is 10.0. The lowest BCUT2D eigenvalue weighted by Crippen LogP contribution is -2.45. The van der Waals surface area contributed by atoms with Gasteiger partial charge in [-0.1, -0.05) is 319 Å². The molecule has 9 heteroatoms. The number of allylic oxidation sites excluding steroid dienone is 7. The number of carbonyl (C=O) groups excluding carboxylic acids is 1. The van der Waals surface area contributed by atoms with Crippen LogP contribution in [-0.4, -0.2) is 73.4 Å². The highest BCUT2D eigenvalue weighted by Crippen LogP contribution is 2.43. The van der Waals surface area contributed by atoms with Gasteiger partial charge >= 0.3 is 7.82 Å². The molecule has 78 heavy (non-hydrogen) atoms. The molecular formula is C69H134N2O6P+. The number of phosphoric acid groups is 1. The number of aliphatic hydroxyl groups is 1. The van der Waals surface area contributed by atoms with E-state index in [-0.39, 0.29) is 19.1 Å². The van der Waals surface area contributed by atoms with Crippen molar-refractivity contribution in [3.8, 4) is 0 Å². The fourth-order valence-corrected chi connectivity index (χ4v) is 11.0. The third-order valence-corrected chi connectivity index (χ3v) is 16.5. The first kappa shape index (κ1) is 76.5. The molecule has 0 radical (unpaired) electrons. The Morgan fingerprint density at radius 1 is 0.436 bits per heavy atom. The second-order valence-corrected chi connectivity index (χ2v) is 26.0. The fraction of sp³-hybridized carbons (Fsp3) is 0.870. The molecule has 8 nitrogen and oxygen atoms in total. The number of carbonyl (C=O) groups is 1. The Bertz CT molecular complexity index is 1410. The second kappa shape index (κ2) is 60.1. The Morgan fingerprint density at radius 3 is 1.06 bits per heavy atom. The van der Waals surface area contributed by atoms with E-state index < -0.39 is 20.0 Å². The van der Waals surface area contributed by atoms with Crippen LogP contribution in [0.15, 0.2) is 48.6 Å². The Hall–Kier alpha value is -1.54. The first-order valence-electron chi connectivity index (χ1n) is 34.0. The maximum atomic E-state index is 13.0. The topological polar surface area (TPSA) is 105 Å². The SMILES string of the molecule is CCCCCCC/C=C\C/C=C\C/C=C\CCCCCCCCCCCCC(=O)NC(COP(=O)(O)OCC[N+](C)(C)C)C(O)/C=C/CCCCCCCCCCCCCCCCCCCCCCCCCCCCCCC. The number of phosphoric ester groups is 1. The maximum Gasteiger partial charge on any atom is 0.472 e. The van der Waals surface area contributed by atoms with Crippen LogP contribution in [0, 0.1) is 0 Å². The molecule has 0 aliphatic rings. The van der Waals surface area contributed by atoms with E-state index in [9.17, 15) is 19.4 Å². The molecule has 3 N–H and O–H groups in total. The molecule has 0 aromatic heterocycles. The number of hydrogen-bond acceptors (Lipinski definition) is 5. The molecule has 460 valence electrons. The number of nitrogens with one attached hydrogen (secondary N) is 1. The van der Waals surface area contributed by atoms with Gasteiger partial charge in [-0.2, -0.15) is 0 Å². The molecule has 0 heterocycles. The Labute approximate surface area is 486 Å². The maximum absolute atomic E-state index is 13.0. The van der Waals surface area contributed by atoms with Crippen LogP contribution in [0.25, 0.3) is 0 Å². The molecule has 0 aliphatic carbocycles. The van der Waals surface area contributed by atoms with Gasteiger partial charge in [-0.25, -0.2) is 4.57 Å². The number of likely N-dealkylation sites (N-methyl/N-ethyl adjacent to an activating group) is 1. The van der Waals surface area contributed by atoms with Crippen LogP contribution in [0.5, 0.6) is 0 Å². The predicted molar refractivity (Wildman–Crippen MR) is 341 cm³/mol. The molecule has 3 atom stereocenters. The van der Waals surface area contributed by atoms with Crippen LogP contribution in [0.1, 0.15) is 335 Å². The van der Waals surface area contributed by atoms with Gasteiger partial charge in [-0.3, -0.25) is 13.8 Å². The quantitative estimate of drug-likeness (QED) is 0.0243. The van der Waals surface area contributed by atoms with E-state index in [2.05, 4.69) is 55.6 Å². The standard InChI is InChI=1S/C69H133N2O6P/c1-6-8-10-12-14-16-18-20-22-24-26-28-30-32-33-34-35-36-37-39-40-42-44-46-48-50-52-54-56-58-60-62-68(72)67(66-77-78(74,75)76-65-64-71(3,4)5)70-69(73)63-61-59-57-55-53-51-49-47-45-43-41-38-31-29-27-25-23-21-19-17-15-13-11-9-7-2/h19,21,25,27,31,38,60,62,67-68,72H,6-18,20,22-24,26,28-30,32-37,39-59,61,63-66H2,1-5H3,(H-,70,73,74,75)/p+1/b21-19-,27-25-,38-31-,62-60+. The molecular weight excluding hydrogens is 984 g/mol. The van der Waals surface area contributed by atoms with Crippen LogP contribution in [-0.2, 0) is 18.4 Å². The largest absolute Gasteiger partial charge is 0.472 e. The van der Waals surface area contributed by atoms with Gasteiger partial charge in [0.05, 0.1) is 39.9 Å². The van der Waals surface area contributed by atoms with E-state index in [4.69, 9.17) is 9.05 Å². The van der Waals surface area contributed by atoms with Crippen molar-refractivity contribution >= 4 is 13.7 Å². The molecule has 0 saturated carbocycles. The van der Waals surface area contributed by atoms with E-state index in [1.807, 2.05) is 27.2 Å². The number of unbranched alkanes of at least 4 members (excludes halogenated alkanes) is 44. The average Bonchev–Trinajstić information content (AvgIpc) is 3.41. The molecule has 1 amide bonds. The predicted octanol–water partition coefficient (Wildman–Crippen LogP) is 21.4. The molecule has 0 rings (SSSR count). The average molecular weight is 1120 g/mol. The molecule has 0 aromatic carbocycles. The number of hydrogen-bond donors (Lipinski definition) is 3. The lowest BCUT2D eigenvalue weighted by Gasteiger charge is -2.25. The van der Waals surface area contributed by atoms with Gasteiger partial charge in [0.15, 0.2) is 0 Å². The minimum atomic E-state index is -4.36. The third-order valence-electron chi connectivity index (χ3n) is 15.5. The van der Waals surface area contributed by atoms with Gasteiger partial charge in [-0.15, -0.1) is 0 Å². The van der Waals surface area contributed by atoms with Gasteiger partial charge in [0, 0.05) is 6.42 Å². The molecule has 0 bridgehead atoms. The van der Waals surface area contributed by atoms with E-state index in [1.54, 1.807) is 6.08 Å². The summed E-state index contributed by atoms with van der Waals surface area (Å²) in [7, 11) is 1.58. The third kappa shape index (κ3) is 62.1. The Balaban J connectivity index is 4.09. The van der Waals surface area contributed by atoms with E-state index >= 15 is 0 Å². The molecule has 0 fully saturated rings. The first-order valence-corrected chi connectivity index (χ1v) is 35.5. The molecule has 0 spiro atoms. The number of quaternary nitrogens is 1. The number of aliphatic hydroxyl groups excluding tert-OH is 1. The number of amides is 1. The van der Waals surface area contributed by atoms with E-state index in [0.29, 0.717) is 17.4 Å². The van der Waals surface area contributed by atoms with Crippen molar-refractivity contribution in [3.05, 3.63) is 48.6 Å². The monoisotopic (exact) mass is 1120 g/mol. The zero-order chi connectivity index (χ0) is 57.0. The number of nitrogens with zero attached hydrogens (tertiary/aromatic N) is 1. The summed E-state index contributed by atoms with van der Waals surface area (Å²) in [5.74, 6) is -0.177. The lowest BCUT2D eigenvalue weighted by molar-refractivity contribution is -0.870. The summed E-state index contributed by atoms with van der Waals surface area (Å²) >= 11 is 0. The second-order valence-electron chi connectivity index (χ2n) is 24.6. The van der Waals surface area contributed by atoms with Crippen molar-refractivity contribution in [3.63, 3.8) is 0 Å². The van der Waals surface area contributed by atoms with Crippen molar-refractivity contribution in [1.82, 2.24) is 5.32 Å². The molecule has 3 unspecified atom stereocenters. The summed E-state index contributed by atoms with van der Waals surface area (Å²) in [6.45, 7) is 4.85. The first-order chi connectivity index (χ1) is 38.0. The normalized spacial score (nSPS) is 14.0. The van der Waals surface area contributed by atoms with Gasteiger partial charge < -0.3 is 19.8 Å². The smallest absolute Gasteiger partial charge is 0.387 e. The summed E-state index contributed by atoms with van der Waals surface area (Å²) in [6.07, 6.45) is 81.0.